The normalized spacial score (nSPS) is 19.9. The third kappa shape index (κ3) is 3.69. The molecule has 1 heterocycles. The Kier molecular flexibility index (Phi) is 4.74. The van der Waals surface area contributed by atoms with Crippen molar-refractivity contribution in [3.05, 3.63) is 30.1 Å². The average Bonchev–Trinajstić information content (AvgIpc) is 2.46. The Morgan fingerprint density at radius 1 is 1.52 bits per heavy atom. The second-order valence-electron chi connectivity index (χ2n) is 4.68. The number of halogens is 1. The molecule has 114 valence electrons. The van der Waals surface area contributed by atoms with Crippen LogP contribution in [-0.2, 0) is 14.3 Å². The number of nitrogens with zero attached hydrogens (tertiary/aromatic N) is 1. The molecule has 1 aromatic carbocycles. The number of carbonyl (C=O) groups is 2. The molecule has 0 saturated carbocycles. The number of benzene rings is 1. The lowest BCUT2D eigenvalue weighted by Crippen LogP contribution is -2.55. The van der Waals surface area contributed by atoms with E-state index in [2.05, 4.69) is 0 Å². The van der Waals surface area contributed by atoms with Crippen molar-refractivity contribution in [2.45, 2.75) is 19.1 Å². The smallest absolute Gasteiger partial charge is 0.328 e. The first kappa shape index (κ1) is 15.2. The molecule has 21 heavy (non-hydrogen) atoms. The van der Waals surface area contributed by atoms with E-state index in [0.717, 1.165) is 6.07 Å². The van der Waals surface area contributed by atoms with Gasteiger partial charge in [-0.2, -0.15) is 0 Å². The number of amides is 1. The highest BCUT2D eigenvalue weighted by Crippen LogP contribution is 2.16. The van der Waals surface area contributed by atoms with Crippen LogP contribution < -0.4 is 4.74 Å². The zero-order valence-corrected chi connectivity index (χ0v) is 11.5. The highest BCUT2D eigenvalue weighted by molar-refractivity contribution is 5.86. The minimum Gasteiger partial charge on any atom is -0.481 e. The van der Waals surface area contributed by atoms with E-state index in [1.54, 1.807) is 0 Å². The molecule has 2 rings (SSSR count). The molecule has 1 amide bonds. The van der Waals surface area contributed by atoms with Crippen LogP contribution >= 0.6 is 0 Å². The molecule has 0 radical (unpaired) electrons. The summed E-state index contributed by atoms with van der Waals surface area (Å²) in [5.74, 6) is -1.84. The van der Waals surface area contributed by atoms with Gasteiger partial charge in [0.2, 0.25) is 0 Å². The Morgan fingerprint density at radius 3 is 2.95 bits per heavy atom. The molecule has 1 saturated heterocycles. The van der Waals surface area contributed by atoms with Crippen LogP contribution in [0.3, 0.4) is 0 Å². The molecule has 1 aliphatic rings. The van der Waals surface area contributed by atoms with E-state index >= 15 is 0 Å². The molecule has 0 spiro atoms. The second kappa shape index (κ2) is 6.53. The van der Waals surface area contributed by atoms with Crippen LogP contribution in [-0.4, -0.2) is 53.8 Å². The standard InChI is InChI=1S/C14H16FNO5/c1-9(21-11-4-2-3-10(15)7-11)13(17)16-5-6-20-8-12(16)14(18)19/h2-4,7,9,12H,5-6,8H2,1H3,(H,18,19)/t9-,12+/m0/s1. The summed E-state index contributed by atoms with van der Waals surface area (Å²) in [4.78, 5) is 24.6. The van der Waals surface area contributed by atoms with Gasteiger partial charge >= 0.3 is 5.97 Å². The van der Waals surface area contributed by atoms with Gasteiger partial charge in [0.25, 0.3) is 5.91 Å². The fraction of sp³-hybridized carbons (Fsp3) is 0.429. The number of carboxylic acids is 1. The van der Waals surface area contributed by atoms with Gasteiger partial charge in [0.05, 0.1) is 13.2 Å². The number of morpholine rings is 1. The molecule has 1 aliphatic heterocycles. The molecule has 1 aromatic rings. The molecule has 2 atom stereocenters. The maximum Gasteiger partial charge on any atom is 0.328 e. The summed E-state index contributed by atoms with van der Waals surface area (Å²) in [6.07, 6.45) is -0.910. The van der Waals surface area contributed by atoms with Crippen molar-refractivity contribution in [2.75, 3.05) is 19.8 Å². The Morgan fingerprint density at radius 2 is 2.29 bits per heavy atom. The number of carbonyl (C=O) groups excluding carboxylic acids is 1. The maximum absolute atomic E-state index is 13.1. The van der Waals surface area contributed by atoms with E-state index < -0.39 is 29.8 Å². The summed E-state index contributed by atoms with van der Waals surface area (Å²) in [7, 11) is 0. The topological polar surface area (TPSA) is 76.1 Å². The third-order valence-electron chi connectivity index (χ3n) is 3.15. The van der Waals surface area contributed by atoms with E-state index in [-0.39, 0.29) is 25.5 Å². The molecule has 0 unspecified atom stereocenters. The number of aliphatic carboxylic acids is 1. The predicted molar refractivity (Wildman–Crippen MR) is 70.4 cm³/mol. The molecule has 0 aliphatic carbocycles. The van der Waals surface area contributed by atoms with E-state index in [4.69, 9.17) is 14.6 Å². The van der Waals surface area contributed by atoms with Crippen LogP contribution in [0.2, 0.25) is 0 Å². The molecule has 1 N–H and O–H groups in total. The Labute approximate surface area is 121 Å². The molecule has 1 fully saturated rings. The van der Waals surface area contributed by atoms with Crippen molar-refractivity contribution in [2.24, 2.45) is 0 Å². The quantitative estimate of drug-likeness (QED) is 0.894. The van der Waals surface area contributed by atoms with Gasteiger partial charge in [-0.25, -0.2) is 9.18 Å². The Bertz CT molecular complexity index is 536. The molecule has 0 bridgehead atoms. The number of hydrogen-bond acceptors (Lipinski definition) is 4. The van der Waals surface area contributed by atoms with E-state index in [9.17, 15) is 14.0 Å². The number of hydrogen-bond donors (Lipinski definition) is 1. The minimum absolute atomic E-state index is 0.0479. The lowest BCUT2D eigenvalue weighted by molar-refractivity contribution is -0.161. The first-order chi connectivity index (χ1) is 9.99. The van der Waals surface area contributed by atoms with Crippen molar-refractivity contribution in [1.82, 2.24) is 4.90 Å². The second-order valence-corrected chi connectivity index (χ2v) is 4.68. The summed E-state index contributed by atoms with van der Waals surface area (Å²) in [5.41, 5.74) is 0. The van der Waals surface area contributed by atoms with E-state index in [1.807, 2.05) is 0 Å². The lowest BCUT2D eigenvalue weighted by atomic mass is 10.2. The highest BCUT2D eigenvalue weighted by Gasteiger charge is 2.35. The minimum atomic E-state index is -1.12. The fourth-order valence-electron chi connectivity index (χ4n) is 2.10. The monoisotopic (exact) mass is 297 g/mol. The molecule has 7 heteroatoms. The lowest BCUT2D eigenvalue weighted by Gasteiger charge is -2.34. The highest BCUT2D eigenvalue weighted by atomic mass is 19.1. The average molecular weight is 297 g/mol. The van der Waals surface area contributed by atoms with Crippen LogP contribution in [0.25, 0.3) is 0 Å². The maximum atomic E-state index is 13.1. The van der Waals surface area contributed by atoms with Crippen LogP contribution in [0, 0.1) is 5.82 Å². The van der Waals surface area contributed by atoms with Gasteiger partial charge in [0, 0.05) is 12.6 Å². The van der Waals surface area contributed by atoms with Crippen molar-refractivity contribution < 1.29 is 28.6 Å². The predicted octanol–water partition coefficient (Wildman–Crippen LogP) is 0.905. The van der Waals surface area contributed by atoms with Crippen molar-refractivity contribution >= 4 is 11.9 Å². The number of rotatable bonds is 4. The van der Waals surface area contributed by atoms with Crippen LogP contribution in [0.4, 0.5) is 4.39 Å². The van der Waals surface area contributed by atoms with Gasteiger partial charge in [-0.05, 0) is 19.1 Å². The SMILES string of the molecule is C[C@H](Oc1cccc(F)c1)C(=O)N1CCOC[C@@H]1C(=O)O. The summed E-state index contributed by atoms with van der Waals surface area (Å²) < 4.78 is 23.5. The number of carboxylic acid groups (broad SMARTS) is 1. The van der Waals surface area contributed by atoms with Gasteiger partial charge in [-0.15, -0.1) is 0 Å². The third-order valence-corrected chi connectivity index (χ3v) is 3.15. The number of ether oxygens (including phenoxy) is 2. The van der Waals surface area contributed by atoms with Gasteiger partial charge in [-0.3, -0.25) is 4.79 Å². The summed E-state index contributed by atoms with van der Waals surface area (Å²) in [5, 5.41) is 9.10. The van der Waals surface area contributed by atoms with Crippen LogP contribution in [0.15, 0.2) is 24.3 Å². The van der Waals surface area contributed by atoms with Crippen LogP contribution in [0.5, 0.6) is 5.75 Å². The van der Waals surface area contributed by atoms with Gasteiger partial charge in [0.1, 0.15) is 11.6 Å². The van der Waals surface area contributed by atoms with Gasteiger partial charge in [-0.1, -0.05) is 6.07 Å². The van der Waals surface area contributed by atoms with Crippen molar-refractivity contribution in [1.29, 1.82) is 0 Å². The zero-order valence-electron chi connectivity index (χ0n) is 11.5. The Balaban J connectivity index is 2.05. The Hall–Kier alpha value is -2.15. The summed E-state index contributed by atoms with van der Waals surface area (Å²) >= 11 is 0. The largest absolute Gasteiger partial charge is 0.481 e. The van der Waals surface area contributed by atoms with Crippen molar-refractivity contribution in [3.8, 4) is 5.75 Å². The van der Waals surface area contributed by atoms with Gasteiger partial charge < -0.3 is 19.5 Å². The molecular formula is C14H16FNO5. The first-order valence-corrected chi connectivity index (χ1v) is 6.52. The fourth-order valence-corrected chi connectivity index (χ4v) is 2.10. The zero-order chi connectivity index (χ0) is 15.4. The first-order valence-electron chi connectivity index (χ1n) is 6.52. The van der Waals surface area contributed by atoms with E-state index in [1.165, 1.54) is 30.0 Å². The van der Waals surface area contributed by atoms with Crippen molar-refractivity contribution in [3.63, 3.8) is 0 Å². The summed E-state index contributed by atoms with van der Waals surface area (Å²) in [6, 6.07) is 4.40. The van der Waals surface area contributed by atoms with Gasteiger partial charge in [0.15, 0.2) is 12.1 Å². The van der Waals surface area contributed by atoms with Crippen LogP contribution in [0.1, 0.15) is 6.92 Å². The molecular weight excluding hydrogens is 281 g/mol. The summed E-state index contributed by atoms with van der Waals surface area (Å²) in [6.45, 7) is 1.92. The van der Waals surface area contributed by atoms with E-state index in [0.29, 0.717) is 0 Å². The molecule has 0 aromatic heterocycles. The molecule has 6 nitrogen and oxygen atoms in total.